The summed E-state index contributed by atoms with van der Waals surface area (Å²) >= 11 is 0. The first-order chi connectivity index (χ1) is 7.98. The molecule has 0 radical (unpaired) electrons. The third-order valence-electron chi connectivity index (χ3n) is 2.37. The monoisotopic (exact) mass is 237 g/mol. The first-order valence-corrected chi connectivity index (χ1v) is 6.01. The van der Waals surface area contributed by atoms with Crippen LogP contribution in [0, 0.1) is 0 Å². The lowest BCUT2D eigenvalue weighted by molar-refractivity contribution is 0.307. The van der Waals surface area contributed by atoms with Gasteiger partial charge in [-0.15, -0.1) is 0 Å². The van der Waals surface area contributed by atoms with E-state index in [-0.39, 0.29) is 5.54 Å². The molecule has 1 aromatic rings. The molecule has 1 rings (SSSR count). The highest BCUT2D eigenvalue weighted by molar-refractivity contribution is 5.46. The second-order valence-corrected chi connectivity index (χ2v) is 4.99. The van der Waals surface area contributed by atoms with Crippen LogP contribution in [0.2, 0.25) is 0 Å². The van der Waals surface area contributed by atoms with Crippen LogP contribution in [0.4, 0.5) is 0 Å². The lowest BCUT2D eigenvalue weighted by Crippen LogP contribution is -2.35. The van der Waals surface area contributed by atoms with Crippen molar-refractivity contribution in [2.75, 3.05) is 13.7 Å². The van der Waals surface area contributed by atoms with E-state index in [1.807, 2.05) is 19.1 Å². The summed E-state index contributed by atoms with van der Waals surface area (Å²) in [6.45, 7) is 9.82. The molecule has 0 aliphatic rings. The number of para-hydroxylation sites is 1. The van der Waals surface area contributed by atoms with Gasteiger partial charge in [0.25, 0.3) is 0 Å². The van der Waals surface area contributed by atoms with Crippen molar-refractivity contribution in [2.24, 2.45) is 0 Å². The third kappa shape index (κ3) is 4.27. The Morgan fingerprint density at radius 3 is 2.47 bits per heavy atom. The van der Waals surface area contributed by atoms with Gasteiger partial charge >= 0.3 is 0 Å². The Bertz CT molecular complexity index is 356. The highest BCUT2D eigenvalue weighted by Gasteiger charge is 2.13. The van der Waals surface area contributed by atoms with Crippen molar-refractivity contribution in [3.05, 3.63) is 23.8 Å². The second-order valence-electron chi connectivity index (χ2n) is 4.99. The summed E-state index contributed by atoms with van der Waals surface area (Å²) < 4.78 is 11.0. The zero-order valence-electron chi connectivity index (χ0n) is 11.5. The zero-order valence-corrected chi connectivity index (χ0v) is 11.5. The van der Waals surface area contributed by atoms with Crippen LogP contribution in [0.25, 0.3) is 0 Å². The molecule has 0 amide bonds. The number of hydrogen-bond donors (Lipinski definition) is 1. The first kappa shape index (κ1) is 13.8. The normalized spacial score (nSPS) is 11.4. The molecule has 0 saturated heterocycles. The largest absolute Gasteiger partial charge is 0.493 e. The van der Waals surface area contributed by atoms with Crippen LogP contribution in [0.15, 0.2) is 18.2 Å². The quantitative estimate of drug-likeness (QED) is 0.854. The summed E-state index contributed by atoms with van der Waals surface area (Å²) in [7, 11) is 1.68. The molecular formula is C14H23NO2. The van der Waals surface area contributed by atoms with Gasteiger partial charge in [0, 0.05) is 17.6 Å². The summed E-state index contributed by atoms with van der Waals surface area (Å²) in [6.07, 6.45) is 0. The Labute approximate surface area is 104 Å². The topological polar surface area (TPSA) is 30.5 Å². The number of benzene rings is 1. The smallest absolute Gasteiger partial charge is 0.165 e. The SMILES string of the molecule is CCOc1cccc(CNC(C)(C)C)c1OC. The van der Waals surface area contributed by atoms with Gasteiger partial charge in [-0.2, -0.15) is 0 Å². The molecule has 0 aromatic heterocycles. The van der Waals surface area contributed by atoms with E-state index in [0.29, 0.717) is 6.61 Å². The maximum Gasteiger partial charge on any atom is 0.165 e. The minimum atomic E-state index is 0.0899. The van der Waals surface area contributed by atoms with E-state index in [2.05, 4.69) is 32.2 Å². The van der Waals surface area contributed by atoms with Crippen LogP contribution in [-0.4, -0.2) is 19.3 Å². The molecule has 17 heavy (non-hydrogen) atoms. The van der Waals surface area contributed by atoms with Crippen molar-refractivity contribution >= 4 is 0 Å². The Morgan fingerprint density at radius 1 is 1.24 bits per heavy atom. The summed E-state index contributed by atoms with van der Waals surface area (Å²) in [4.78, 5) is 0. The lowest BCUT2D eigenvalue weighted by Gasteiger charge is -2.22. The van der Waals surface area contributed by atoms with Gasteiger partial charge in [-0.05, 0) is 33.8 Å². The Hall–Kier alpha value is -1.22. The fourth-order valence-electron chi connectivity index (χ4n) is 1.56. The minimum Gasteiger partial charge on any atom is -0.493 e. The molecule has 0 fully saturated rings. The van der Waals surface area contributed by atoms with Crippen LogP contribution < -0.4 is 14.8 Å². The third-order valence-corrected chi connectivity index (χ3v) is 2.37. The maximum atomic E-state index is 5.55. The number of methoxy groups -OCH3 is 1. The van der Waals surface area contributed by atoms with Gasteiger partial charge in [0.15, 0.2) is 11.5 Å². The van der Waals surface area contributed by atoms with E-state index in [9.17, 15) is 0 Å². The summed E-state index contributed by atoms with van der Waals surface area (Å²) in [5.74, 6) is 1.63. The zero-order chi connectivity index (χ0) is 12.9. The molecule has 0 aliphatic carbocycles. The van der Waals surface area contributed by atoms with Crippen LogP contribution in [0.1, 0.15) is 33.3 Å². The van der Waals surface area contributed by atoms with E-state index < -0.39 is 0 Å². The van der Waals surface area contributed by atoms with E-state index in [0.717, 1.165) is 23.6 Å². The molecule has 0 atom stereocenters. The van der Waals surface area contributed by atoms with Gasteiger partial charge in [-0.3, -0.25) is 0 Å². The molecular weight excluding hydrogens is 214 g/mol. The van der Waals surface area contributed by atoms with Gasteiger partial charge in [0.05, 0.1) is 13.7 Å². The molecule has 0 bridgehead atoms. The fourth-order valence-corrected chi connectivity index (χ4v) is 1.56. The van der Waals surface area contributed by atoms with Gasteiger partial charge in [-0.25, -0.2) is 0 Å². The first-order valence-electron chi connectivity index (χ1n) is 6.01. The second kappa shape index (κ2) is 5.92. The number of ether oxygens (including phenoxy) is 2. The van der Waals surface area contributed by atoms with Crippen molar-refractivity contribution in [3.63, 3.8) is 0 Å². The van der Waals surface area contributed by atoms with Crippen LogP contribution in [-0.2, 0) is 6.54 Å². The van der Waals surface area contributed by atoms with Crippen molar-refractivity contribution in [1.29, 1.82) is 0 Å². The Balaban J connectivity index is 2.87. The fraction of sp³-hybridized carbons (Fsp3) is 0.571. The minimum absolute atomic E-state index is 0.0899. The highest BCUT2D eigenvalue weighted by Crippen LogP contribution is 2.31. The number of hydrogen-bond acceptors (Lipinski definition) is 3. The van der Waals surface area contributed by atoms with Crippen molar-refractivity contribution < 1.29 is 9.47 Å². The average Bonchev–Trinajstić information content (AvgIpc) is 2.26. The molecule has 1 aromatic carbocycles. The van der Waals surface area contributed by atoms with Gasteiger partial charge in [0.1, 0.15) is 0 Å². The summed E-state index contributed by atoms with van der Waals surface area (Å²) in [5.41, 5.74) is 1.21. The van der Waals surface area contributed by atoms with E-state index >= 15 is 0 Å². The molecule has 0 aliphatic heterocycles. The Kier molecular flexibility index (Phi) is 4.82. The van der Waals surface area contributed by atoms with Gasteiger partial charge in [-0.1, -0.05) is 12.1 Å². The summed E-state index contributed by atoms with van der Waals surface area (Å²) in [6, 6.07) is 5.98. The van der Waals surface area contributed by atoms with Gasteiger partial charge in [0.2, 0.25) is 0 Å². The predicted molar refractivity (Wildman–Crippen MR) is 70.8 cm³/mol. The number of rotatable bonds is 5. The maximum absolute atomic E-state index is 5.55. The number of nitrogens with one attached hydrogen (secondary N) is 1. The van der Waals surface area contributed by atoms with Gasteiger partial charge < -0.3 is 14.8 Å². The molecule has 1 N–H and O–H groups in total. The molecule has 0 unspecified atom stereocenters. The van der Waals surface area contributed by atoms with E-state index in [4.69, 9.17) is 9.47 Å². The molecule has 0 heterocycles. The standard InChI is InChI=1S/C14H23NO2/c1-6-17-12-9-7-8-11(13(12)16-5)10-15-14(2,3)4/h7-9,15H,6,10H2,1-5H3. The van der Waals surface area contributed by atoms with Crippen molar-refractivity contribution in [3.8, 4) is 11.5 Å². The highest BCUT2D eigenvalue weighted by atomic mass is 16.5. The van der Waals surface area contributed by atoms with Crippen molar-refractivity contribution in [1.82, 2.24) is 5.32 Å². The van der Waals surface area contributed by atoms with Crippen molar-refractivity contribution in [2.45, 2.75) is 39.8 Å². The van der Waals surface area contributed by atoms with Crippen LogP contribution >= 0.6 is 0 Å². The summed E-state index contributed by atoms with van der Waals surface area (Å²) in [5, 5.41) is 3.45. The molecule has 0 spiro atoms. The average molecular weight is 237 g/mol. The molecule has 3 heteroatoms. The van der Waals surface area contributed by atoms with E-state index in [1.54, 1.807) is 7.11 Å². The molecule has 0 saturated carbocycles. The lowest BCUT2D eigenvalue weighted by atomic mass is 10.1. The predicted octanol–water partition coefficient (Wildman–Crippen LogP) is 2.98. The Morgan fingerprint density at radius 2 is 1.94 bits per heavy atom. The molecule has 96 valence electrons. The van der Waals surface area contributed by atoms with Crippen LogP contribution in [0.3, 0.4) is 0 Å². The van der Waals surface area contributed by atoms with E-state index in [1.165, 1.54) is 0 Å². The van der Waals surface area contributed by atoms with Crippen LogP contribution in [0.5, 0.6) is 11.5 Å². The molecule has 3 nitrogen and oxygen atoms in total.